The zero-order chi connectivity index (χ0) is 22.2. The van der Waals surface area contributed by atoms with Crippen molar-refractivity contribution in [2.24, 2.45) is 0 Å². The van der Waals surface area contributed by atoms with Crippen LogP contribution in [0.4, 0.5) is 0 Å². The van der Waals surface area contributed by atoms with Gasteiger partial charge in [-0.25, -0.2) is 4.79 Å². The molecule has 0 heterocycles. The molecular weight excluding hydrogens is 380 g/mol. The second kappa shape index (κ2) is 15.9. The van der Waals surface area contributed by atoms with E-state index < -0.39 is 17.5 Å². The van der Waals surface area contributed by atoms with Crippen molar-refractivity contribution in [2.75, 3.05) is 6.61 Å². The van der Waals surface area contributed by atoms with Crippen molar-refractivity contribution in [1.29, 1.82) is 0 Å². The molecule has 3 N–H and O–H groups in total. The number of aromatic hydroxyl groups is 2. The van der Waals surface area contributed by atoms with Crippen LogP contribution in [0.25, 0.3) is 0 Å². The quantitative estimate of drug-likeness (QED) is 0.172. The van der Waals surface area contributed by atoms with Gasteiger partial charge in [0.05, 0.1) is 6.61 Å². The molecule has 0 aliphatic rings. The molecule has 30 heavy (non-hydrogen) atoms. The highest BCUT2D eigenvalue weighted by Crippen LogP contribution is 2.40. The maximum atomic E-state index is 11.7. The number of carboxylic acids is 1. The topological polar surface area (TPSA) is 87.0 Å². The molecule has 0 fully saturated rings. The summed E-state index contributed by atoms with van der Waals surface area (Å²) in [5.74, 6) is -2.07. The third kappa shape index (κ3) is 9.73. The second-order valence-corrected chi connectivity index (χ2v) is 8.25. The van der Waals surface area contributed by atoms with E-state index in [1.165, 1.54) is 57.4 Å². The summed E-state index contributed by atoms with van der Waals surface area (Å²) in [7, 11) is 0. The number of phenols is 2. The molecule has 1 aromatic rings. The molecule has 0 bridgehead atoms. The predicted octanol–water partition coefficient (Wildman–Crippen LogP) is 7.22. The highest BCUT2D eigenvalue weighted by Gasteiger charge is 2.24. The van der Waals surface area contributed by atoms with Crippen LogP contribution < -0.4 is 4.74 Å². The van der Waals surface area contributed by atoms with Crippen LogP contribution in [0.2, 0.25) is 0 Å². The van der Waals surface area contributed by atoms with Crippen LogP contribution in [0.5, 0.6) is 17.2 Å². The SMILES string of the molecule is CCCCCCCCCCc1cc(O)c(O)c(C(=O)O)c1OCCCCCCCC. The maximum Gasteiger partial charge on any atom is 0.343 e. The van der Waals surface area contributed by atoms with Crippen molar-refractivity contribution in [2.45, 2.75) is 110 Å². The van der Waals surface area contributed by atoms with Crippen molar-refractivity contribution < 1.29 is 24.9 Å². The first-order valence-corrected chi connectivity index (χ1v) is 12.0. The number of ether oxygens (including phenoxy) is 1. The Balaban J connectivity index is 2.64. The van der Waals surface area contributed by atoms with Gasteiger partial charge in [0.25, 0.3) is 0 Å². The van der Waals surface area contributed by atoms with E-state index in [1.807, 2.05) is 0 Å². The number of phenolic OH excluding ortho intramolecular Hbond substituents is 1. The predicted molar refractivity (Wildman–Crippen MR) is 122 cm³/mol. The van der Waals surface area contributed by atoms with Gasteiger partial charge in [-0.3, -0.25) is 0 Å². The first-order chi connectivity index (χ1) is 14.5. The largest absolute Gasteiger partial charge is 0.504 e. The maximum absolute atomic E-state index is 11.7. The van der Waals surface area contributed by atoms with Crippen molar-refractivity contribution in [1.82, 2.24) is 0 Å². The lowest BCUT2D eigenvalue weighted by Gasteiger charge is -2.16. The van der Waals surface area contributed by atoms with Crippen LogP contribution in [-0.2, 0) is 6.42 Å². The molecule has 0 atom stereocenters. The summed E-state index contributed by atoms with van der Waals surface area (Å²) in [6.07, 6.45) is 16.8. The van der Waals surface area contributed by atoms with E-state index in [4.69, 9.17) is 4.74 Å². The molecule has 1 rings (SSSR count). The number of aryl methyl sites for hydroxylation is 1. The first kappa shape index (κ1) is 26.1. The van der Waals surface area contributed by atoms with Gasteiger partial charge >= 0.3 is 5.97 Å². The molecular formula is C25H42O5. The molecule has 0 aliphatic carbocycles. The van der Waals surface area contributed by atoms with Gasteiger partial charge in [-0.15, -0.1) is 0 Å². The molecule has 0 saturated heterocycles. The Morgan fingerprint density at radius 2 is 1.30 bits per heavy atom. The minimum Gasteiger partial charge on any atom is -0.504 e. The fourth-order valence-electron chi connectivity index (χ4n) is 3.75. The van der Waals surface area contributed by atoms with E-state index >= 15 is 0 Å². The lowest BCUT2D eigenvalue weighted by Crippen LogP contribution is -2.08. The van der Waals surface area contributed by atoms with Gasteiger partial charge in [0, 0.05) is 0 Å². The van der Waals surface area contributed by atoms with Gasteiger partial charge in [0.2, 0.25) is 0 Å². The van der Waals surface area contributed by atoms with Crippen LogP contribution in [0.1, 0.15) is 120 Å². The second-order valence-electron chi connectivity index (χ2n) is 8.25. The molecule has 0 unspecified atom stereocenters. The zero-order valence-corrected chi connectivity index (χ0v) is 19.0. The monoisotopic (exact) mass is 422 g/mol. The minimum atomic E-state index is -1.28. The Morgan fingerprint density at radius 1 is 0.800 bits per heavy atom. The van der Waals surface area contributed by atoms with Crippen molar-refractivity contribution in [3.63, 3.8) is 0 Å². The van der Waals surface area contributed by atoms with E-state index in [0.29, 0.717) is 18.6 Å². The van der Waals surface area contributed by atoms with Gasteiger partial charge in [0.15, 0.2) is 11.5 Å². The van der Waals surface area contributed by atoms with E-state index in [9.17, 15) is 20.1 Å². The third-order valence-corrected chi connectivity index (χ3v) is 5.57. The Labute approximate surface area is 182 Å². The molecule has 0 saturated carbocycles. The molecule has 0 aromatic heterocycles. The molecule has 0 amide bonds. The summed E-state index contributed by atoms with van der Waals surface area (Å²) < 4.78 is 5.84. The summed E-state index contributed by atoms with van der Waals surface area (Å²) in [4.78, 5) is 11.7. The van der Waals surface area contributed by atoms with Crippen LogP contribution in [-0.4, -0.2) is 27.9 Å². The van der Waals surface area contributed by atoms with Gasteiger partial charge in [0.1, 0.15) is 11.3 Å². The summed E-state index contributed by atoms with van der Waals surface area (Å²) in [6.45, 7) is 4.81. The molecule has 0 radical (unpaired) electrons. The average Bonchev–Trinajstić information content (AvgIpc) is 2.72. The van der Waals surface area contributed by atoms with Crippen molar-refractivity contribution >= 4 is 5.97 Å². The number of benzene rings is 1. The Kier molecular flexibility index (Phi) is 13.8. The van der Waals surface area contributed by atoms with Gasteiger partial charge in [-0.2, -0.15) is 0 Å². The average molecular weight is 423 g/mol. The van der Waals surface area contributed by atoms with Gasteiger partial charge in [-0.05, 0) is 30.9 Å². The van der Waals surface area contributed by atoms with Crippen LogP contribution in [0.3, 0.4) is 0 Å². The summed E-state index contributed by atoms with van der Waals surface area (Å²) in [5.41, 5.74) is 0.343. The van der Waals surface area contributed by atoms with Crippen molar-refractivity contribution in [3.05, 3.63) is 17.2 Å². The van der Waals surface area contributed by atoms with Crippen LogP contribution in [0, 0.1) is 0 Å². The molecule has 5 heteroatoms. The number of rotatable bonds is 18. The lowest BCUT2D eigenvalue weighted by molar-refractivity contribution is 0.0687. The van der Waals surface area contributed by atoms with E-state index in [0.717, 1.165) is 38.5 Å². The van der Waals surface area contributed by atoms with E-state index in [2.05, 4.69) is 13.8 Å². The first-order valence-electron chi connectivity index (χ1n) is 12.0. The lowest BCUT2D eigenvalue weighted by atomic mass is 10.00. The number of hydrogen-bond donors (Lipinski definition) is 3. The minimum absolute atomic E-state index is 0.217. The van der Waals surface area contributed by atoms with Crippen LogP contribution in [0.15, 0.2) is 6.07 Å². The summed E-state index contributed by atoms with van der Waals surface area (Å²) in [6, 6.07) is 1.46. The fraction of sp³-hybridized carbons (Fsp3) is 0.720. The van der Waals surface area contributed by atoms with Crippen molar-refractivity contribution in [3.8, 4) is 17.2 Å². The number of aromatic carboxylic acids is 1. The van der Waals surface area contributed by atoms with Gasteiger partial charge in [-0.1, -0.05) is 90.9 Å². The number of carbonyl (C=O) groups is 1. The Hall–Kier alpha value is -1.91. The molecule has 172 valence electrons. The van der Waals surface area contributed by atoms with E-state index in [-0.39, 0.29) is 11.3 Å². The molecule has 1 aromatic carbocycles. The number of unbranched alkanes of at least 4 members (excludes halogenated alkanes) is 12. The number of carboxylic acid groups (broad SMARTS) is 1. The standard InChI is InChI=1S/C25H42O5/c1-3-5-7-9-11-12-13-15-17-20-19-21(26)23(27)22(25(28)29)24(20)30-18-16-14-10-8-6-4-2/h19,26-27H,3-18H2,1-2H3,(H,28,29). The molecule has 5 nitrogen and oxygen atoms in total. The van der Waals surface area contributed by atoms with Crippen LogP contribution >= 0.6 is 0 Å². The third-order valence-electron chi connectivity index (χ3n) is 5.57. The Morgan fingerprint density at radius 3 is 1.83 bits per heavy atom. The highest BCUT2D eigenvalue weighted by molar-refractivity contribution is 5.95. The molecule has 0 aliphatic heterocycles. The smallest absolute Gasteiger partial charge is 0.343 e. The Bertz CT molecular complexity index is 612. The highest BCUT2D eigenvalue weighted by atomic mass is 16.5. The number of hydrogen-bond acceptors (Lipinski definition) is 4. The summed E-state index contributed by atoms with van der Waals surface area (Å²) in [5, 5.41) is 29.6. The van der Waals surface area contributed by atoms with Gasteiger partial charge < -0.3 is 20.1 Å². The normalized spacial score (nSPS) is 11.0. The summed E-state index contributed by atoms with van der Waals surface area (Å²) >= 11 is 0. The fourth-order valence-corrected chi connectivity index (χ4v) is 3.75. The molecule has 0 spiro atoms. The van der Waals surface area contributed by atoms with E-state index in [1.54, 1.807) is 0 Å². The zero-order valence-electron chi connectivity index (χ0n) is 19.0.